The monoisotopic (exact) mass is 382 g/mol. The molecule has 1 fully saturated rings. The van der Waals surface area contributed by atoms with Gasteiger partial charge in [0.2, 0.25) is 0 Å². The van der Waals surface area contributed by atoms with Gasteiger partial charge in [0.05, 0.1) is 22.0 Å². The van der Waals surface area contributed by atoms with E-state index in [1.165, 1.54) is 15.9 Å². The smallest absolute Gasteiger partial charge is 0.276 e. The molecule has 7 nitrogen and oxygen atoms in total. The lowest BCUT2D eigenvalue weighted by Gasteiger charge is -2.15. The molecule has 0 radical (unpaired) electrons. The maximum atomic E-state index is 12.8. The Morgan fingerprint density at radius 1 is 1.00 bits per heavy atom. The number of likely N-dealkylation sites (tertiary alicyclic amines) is 1. The van der Waals surface area contributed by atoms with E-state index in [1.807, 2.05) is 30.3 Å². The zero-order valence-corrected chi connectivity index (χ0v) is 15.3. The standard InChI is InChI=1S/C19H18N4O3S/c24-19(18-13-20-23(21-18)15-7-3-1-4-8-15)22-12-11-17(14-22)27(25,26)16-9-5-2-6-10-16/h1-10,13,17H,11-12,14H2. The van der Waals surface area contributed by atoms with E-state index >= 15 is 0 Å². The van der Waals surface area contributed by atoms with Gasteiger partial charge in [-0.25, -0.2) is 8.42 Å². The Hall–Kier alpha value is -3.00. The van der Waals surface area contributed by atoms with Crippen molar-refractivity contribution < 1.29 is 13.2 Å². The zero-order valence-electron chi connectivity index (χ0n) is 14.5. The summed E-state index contributed by atoms with van der Waals surface area (Å²) in [5.74, 6) is -0.303. The number of nitrogens with zero attached hydrogens (tertiary/aromatic N) is 4. The molecule has 1 atom stereocenters. The molecule has 1 aromatic heterocycles. The number of carbonyl (C=O) groups is 1. The summed E-state index contributed by atoms with van der Waals surface area (Å²) in [7, 11) is -3.46. The highest BCUT2D eigenvalue weighted by atomic mass is 32.2. The van der Waals surface area contributed by atoms with Crippen LogP contribution in [0.5, 0.6) is 0 Å². The topological polar surface area (TPSA) is 85.2 Å². The van der Waals surface area contributed by atoms with Gasteiger partial charge in [0, 0.05) is 13.1 Å². The van der Waals surface area contributed by atoms with Gasteiger partial charge >= 0.3 is 0 Å². The first kappa shape index (κ1) is 17.4. The van der Waals surface area contributed by atoms with E-state index < -0.39 is 15.1 Å². The van der Waals surface area contributed by atoms with Crippen LogP contribution in [0.15, 0.2) is 71.8 Å². The van der Waals surface area contributed by atoms with Gasteiger partial charge in [0.15, 0.2) is 15.5 Å². The van der Waals surface area contributed by atoms with Crippen LogP contribution in [-0.2, 0) is 9.84 Å². The van der Waals surface area contributed by atoms with E-state index in [-0.39, 0.29) is 18.1 Å². The van der Waals surface area contributed by atoms with Gasteiger partial charge in [-0.2, -0.15) is 9.90 Å². The lowest BCUT2D eigenvalue weighted by Crippen LogP contribution is -2.32. The van der Waals surface area contributed by atoms with Gasteiger partial charge in [-0.3, -0.25) is 4.79 Å². The minimum atomic E-state index is -3.46. The fourth-order valence-corrected chi connectivity index (χ4v) is 4.89. The summed E-state index contributed by atoms with van der Waals surface area (Å²) >= 11 is 0. The summed E-state index contributed by atoms with van der Waals surface area (Å²) < 4.78 is 25.5. The lowest BCUT2D eigenvalue weighted by molar-refractivity contribution is 0.0787. The third-order valence-corrected chi connectivity index (χ3v) is 6.83. The van der Waals surface area contributed by atoms with E-state index in [4.69, 9.17) is 0 Å². The summed E-state index contributed by atoms with van der Waals surface area (Å²) in [6, 6.07) is 17.6. The number of para-hydroxylation sites is 1. The first-order valence-electron chi connectivity index (χ1n) is 8.62. The van der Waals surface area contributed by atoms with Crippen LogP contribution in [0.1, 0.15) is 16.9 Å². The summed E-state index contributed by atoms with van der Waals surface area (Å²) in [6.45, 7) is 0.544. The minimum Gasteiger partial charge on any atom is -0.336 e. The number of hydrogen-bond acceptors (Lipinski definition) is 5. The van der Waals surface area contributed by atoms with E-state index in [0.29, 0.717) is 17.9 Å². The molecule has 1 aliphatic rings. The molecule has 0 saturated carbocycles. The molecule has 0 N–H and O–H groups in total. The van der Waals surface area contributed by atoms with Crippen LogP contribution >= 0.6 is 0 Å². The molecule has 4 rings (SSSR count). The van der Waals surface area contributed by atoms with Gasteiger partial charge < -0.3 is 4.90 Å². The van der Waals surface area contributed by atoms with Crippen LogP contribution in [-0.4, -0.2) is 52.6 Å². The average molecular weight is 382 g/mol. The fourth-order valence-electron chi connectivity index (χ4n) is 3.18. The van der Waals surface area contributed by atoms with Crippen LogP contribution < -0.4 is 0 Å². The van der Waals surface area contributed by atoms with E-state index in [2.05, 4.69) is 10.2 Å². The molecule has 1 amide bonds. The largest absolute Gasteiger partial charge is 0.336 e. The van der Waals surface area contributed by atoms with Gasteiger partial charge in [-0.05, 0) is 30.7 Å². The Balaban J connectivity index is 1.50. The van der Waals surface area contributed by atoms with Crippen LogP contribution in [0, 0.1) is 0 Å². The van der Waals surface area contributed by atoms with Crippen molar-refractivity contribution in [2.75, 3.05) is 13.1 Å². The van der Waals surface area contributed by atoms with Gasteiger partial charge in [0.1, 0.15) is 0 Å². The minimum absolute atomic E-state index is 0.161. The molecule has 1 aliphatic heterocycles. The first-order valence-corrected chi connectivity index (χ1v) is 10.2. The van der Waals surface area contributed by atoms with Gasteiger partial charge in [0.25, 0.3) is 5.91 Å². The molecule has 0 bridgehead atoms. The number of aromatic nitrogens is 3. The quantitative estimate of drug-likeness (QED) is 0.689. The predicted octanol–water partition coefficient (Wildman–Crippen LogP) is 1.96. The zero-order chi connectivity index (χ0) is 18.9. The van der Waals surface area contributed by atoms with Crippen molar-refractivity contribution in [3.63, 3.8) is 0 Å². The SMILES string of the molecule is O=C(c1cnn(-c2ccccc2)n1)N1CCC(S(=O)(=O)c2ccccc2)C1. The Morgan fingerprint density at radius 2 is 1.67 bits per heavy atom. The van der Waals surface area contributed by atoms with Crippen LogP contribution in [0.25, 0.3) is 5.69 Å². The Morgan fingerprint density at radius 3 is 2.37 bits per heavy atom. The summed E-state index contributed by atoms with van der Waals surface area (Å²) in [5.41, 5.74) is 0.958. The van der Waals surface area contributed by atoms with Crippen molar-refractivity contribution >= 4 is 15.7 Å². The van der Waals surface area contributed by atoms with Crippen molar-refractivity contribution in [1.82, 2.24) is 19.9 Å². The third kappa shape index (κ3) is 3.35. The third-order valence-electron chi connectivity index (χ3n) is 4.64. The molecular formula is C19H18N4O3S. The molecule has 2 heterocycles. The molecular weight excluding hydrogens is 364 g/mol. The Bertz CT molecular complexity index is 1050. The molecule has 138 valence electrons. The van der Waals surface area contributed by atoms with Crippen molar-refractivity contribution in [3.8, 4) is 5.69 Å². The van der Waals surface area contributed by atoms with Crippen molar-refractivity contribution in [1.29, 1.82) is 0 Å². The fraction of sp³-hybridized carbons (Fsp3) is 0.211. The number of carbonyl (C=O) groups excluding carboxylic acids is 1. The highest BCUT2D eigenvalue weighted by molar-refractivity contribution is 7.92. The number of benzene rings is 2. The Labute approximate surface area is 157 Å². The molecule has 1 saturated heterocycles. The molecule has 27 heavy (non-hydrogen) atoms. The predicted molar refractivity (Wildman–Crippen MR) is 99.3 cm³/mol. The first-order chi connectivity index (χ1) is 13.1. The van der Waals surface area contributed by atoms with E-state index in [9.17, 15) is 13.2 Å². The average Bonchev–Trinajstić information content (AvgIpc) is 3.39. The maximum Gasteiger partial charge on any atom is 0.276 e. The second kappa shape index (κ2) is 6.96. The second-order valence-corrected chi connectivity index (χ2v) is 8.60. The van der Waals surface area contributed by atoms with Crippen molar-refractivity contribution in [2.45, 2.75) is 16.6 Å². The highest BCUT2D eigenvalue weighted by Crippen LogP contribution is 2.24. The van der Waals surface area contributed by atoms with Crippen LogP contribution in [0.4, 0.5) is 0 Å². The maximum absolute atomic E-state index is 12.8. The molecule has 0 spiro atoms. The molecule has 3 aromatic rings. The van der Waals surface area contributed by atoms with Gasteiger partial charge in [-0.1, -0.05) is 36.4 Å². The van der Waals surface area contributed by atoms with Crippen molar-refractivity contribution in [2.24, 2.45) is 0 Å². The Kier molecular flexibility index (Phi) is 4.49. The van der Waals surface area contributed by atoms with Gasteiger partial charge in [-0.15, -0.1) is 5.10 Å². The molecule has 2 aromatic carbocycles. The summed E-state index contributed by atoms with van der Waals surface area (Å²) in [6.07, 6.45) is 1.82. The number of hydrogen-bond donors (Lipinski definition) is 0. The normalized spacial score (nSPS) is 17.2. The summed E-state index contributed by atoms with van der Waals surface area (Å²) in [5, 5.41) is 7.77. The van der Waals surface area contributed by atoms with E-state index in [1.54, 1.807) is 30.3 Å². The lowest BCUT2D eigenvalue weighted by atomic mass is 10.3. The number of sulfone groups is 1. The highest BCUT2D eigenvalue weighted by Gasteiger charge is 2.36. The van der Waals surface area contributed by atoms with Crippen molar-refractivity contribution in [3.05, 3.63) is 72.6 Å². The second-order valence-electron chi connectivity index (χ2n) is 6.37. The number of amides is 1. The molecule has 0 aliphatic carbocycles. The number of rotatable bonds is 4. The molecule has 1 unspecified atom stereocenters. The van der Waals surface area contributed by atoms with Crippen LogP contribution in [0.3, 0.4) is 0 Å². The molecule has 8 heteroatoms. The van der Waals surface area contributed by atoms with Crippen LogP contribution in [0.2, 0.25) is 0 Å². The summed E-state index contributed by atoms with van der Waals surface area (Å²) in [4.78, 5) is 15.9. The van der Waals surface area contributed by atoms with E-state index in [0.717, 1.165) is 5.69 Å².